The third kappa shape index (κ3) is 4.44. The first-order valence-corrected chi connectivity index (χ1v) is 6.29. The van der Waals surface area contributed by atoms with Crippen molar-refractivity contribution in [1.29, 1.82) is 5.41 Å². The standard InChI is InChI=1S/C12H24N6/c1-9(2)5-18-11(15-8-16-18)7-17(4)6-10(3)12(13)14/h8-10H,5-7H2,1-4H3,(H3,13,14). The predicted octanol–water partition coefficient (Wildman–Crippen LogP) is 0.938. The van der Waals surface area contributed by atoms with Crippen LogP contribution in [0.25, 0.3) is 0 Å². The number of rotatable bonds is 7. The molecule has 0 aliphatic carbocycles. The summed E-state index contributed by atoms with van der Waals surface area (Å²) in [6, 6.07) is 0. The number of hydrogen-bond donors (Lipinski definition) is 2. The molecule has 6 nitrogen and oxygen atoms in total. The number of nitrogens with one attached hydrogen (secondary N) is 1. The molecule has 1 unspecified atom stereocenters. The smallest absolute Gasteiger partial charge is 0.141 e. The first-order chi connectivity index (χ1) is 8.40. The molecule has 18 heavy (non-hydrogen) atoms. The van der Waals surface area contributed by atoms with Gasteiger partial charge in [0.05, 0.1) is 12.4 Å². The van der Waals surface area contributed by atoms with Gasteiger partial charge < -0.3 is 5.73 Å². The largest absolute Gasteiger partial charge is 0.387 e. The van der Waals surface area contributed by atoms with Crippen molar-refractivity contribution in [3.63, 3.8) is 0 Å². The fourth-order valence-electron chi connectivity index (χ4n) is 1.78. The van der Waals surface area contributed by atoms with Crippen molar-refractivity contribution in [1.82, 2.24) is 19.7 Å². The molecule has 0 saturated carbocycles. The number of amidine groups is 1. The van der Waals surface area contributed by atoms with Crippen molar-refractivity contribution in [2.75, 3.05) is 13.6 Å². The molecule has 0 aliphatic rings. The van der Waals surface area contributed by atoms with Crippen LogP contribution in [0.4, 0.5) is 0 Å². The van der Waals surface area contributed by atoms with E-state index in [0.29, 0.717) is 5.92 Å². The highest BCUT2D eigenvalue weighted by molar-refractivity contribution is 5.79. The van der Waals surface area contributed by atoms with Crippen molar-refractivity contribution in [2.45, 2.75) is 33.9 Å². The molecule has 6 heteroatoms. The first-order valence-electron chi connectivity index (χ1n) is 6.29. The highest BCUT2D eigenvalue weighted by atomic mass is 15.3. The molecule has 0 aromatic carbocycles. The molecular weight excluding hydrogens is 228 g/mol. The molecule has 1 rings (SSSR count). The zero-order valence-corrected chi connectivity index (χ0v) is 11.7. The Labute approximate surface area is 109 Å². The lowest BCUT2D eigenvalue weighted by atomic mass is 10.1. The molecule has 1 aromatic heterocycles. The summed E-state index contributed by atoms with van der Waals surface area (Å²) in [5, 5.41) is 11.6. The first kappa shape index (κ1) is 14.6. The quantitative estimate of drug-likeness (QED) is 0.559. The minimum absolute atomic E-state index is 0.0662. The normalized spacial score (nSPS) is 13.2. The SMILES string of the molecule is CC(C)Cn1ncnc1CN(C)CC(C)C(=N)N. The molecule has 1 heterocycles. The maximum Gasteiger partial charge on any atom is 0.141 e. The minimum Gasteiger partial charge on any atom is -0.387 e. The van der Waals surface area contributed by atoms with E-state index in [4.69, 9.17) is 11.1 Å². The molecular formula is C12H24N6. The summed E-state index contributed by atoms with van der Waals surface area (Å²) in [6.07, 6.45) is 1.60. The second kappa shape index (κ2) is 6.49. The molecule has 0 bridgehead atoms. The van der Waals surface area contributed by atoms with E-state index in [9.17, 15) is 0 Å². The van der Waals surface area contributed by atoms with Crippen molar-refractivity contribution in [3.8, 4) is 0 Å². The summed E-state index contributed by atoms with van der Waals surface area (Å²) in [5.74, 6) is 1.80. The zero-order valence-electron chi connectivity index (χ0n) is 11.7. The summed E-state index contributed by atoms with van der Waals surface area (Å²) in [4.78, 5) is 6.40. The van der Waals surface area contributed by atoms with Crippen LogP contribution < -0.4 is 5.73 Å². The lowest BCUT2D eigenvalue weighted by molar-refractivity contribution is 0.288. The van der Waals surface area contributed by atoms with Crippen molar-refractivity contribution in [3.05, 3.63) is 12.2 Å². The van der Waals surface area contributed by atoms with Gasteiger partial charge in [-0.2, -0.15) is 5.10 Å². The molecule has 0 amide bonds. The van der Waals surface area contributed by atoms with Crippen molar-refractivity contribution >= 4 is 5.84 Å². The second-order valence-electron chi connectivity index (χ2n) is 5.31. The van der Waals surface area contributed by atoms with Gasteiger partial charge in [0.15, 0.2) is 0 Å². The topological polar surface area (TPSA) is 83.8 Å². The molecule has 1 atom stereocenters. The highest BCUT2D eigenvalue weighted by Gasteiger charge is 2.12. The molecule has 0 fully saturated rings. The lowest BCUT2D eigenvalue weighted by Gasteiger charge is -2.20. The third-order valence-electron chi connectivity index (χ3n) is 2.76. The van der Waals surface area contributed by atoms with Gasteiger partial charge in [0.25, 0.3) is 0 Å². The van der Waals surface area contributed by atoms with E-state index in [-0.39, 0.29) is 11.8 Å². The van der Waals surface area contributed by atoms with Crippen LogP contribution in [0.5, 0.6) is 0 Å². The Morgan fingerprint density at radius 1 is 1.50 bits per heavy atom. The molecule has 0 saturated heterocycles. The van der Waals surface area contributed by atoms with E-state index in [1.807, 2.05) is 18.7 Å². The lowest BCUT2D eigenvalue weighted by Crippen LogP contribution is -2.32. The van der Waals surface area contributed by atoms with Crippen molar-refractivity contribution < 1.29 is 0 Å². The zero-order chi connectivity index (χ0) is 13.7. The van der Waals surface area contributed by atoms with E-state index < -0.39 is 0 Å². The van der Waals surface area contributed by atoms with Gasteiger partial charge in [-0.25, -0.2) is 9.67 Å². The molecule has 0 aliphatic heterocycles. The average molecular weight is 252 g/mol. The Bertz CT molecular complexity index is 384. The predicted molar refractivity (Wildman–Crippen MR) is 72.3 cm³/mol. The third-order valence-corrected chi connectivity index (χ3v) is 2.76. The number of nitrogens with zero attached hydrogens (tertiary/aromatic N) is 4. The number of nitrogens with two attached hydrogens (primary N) is 1. The molecule has 1 aromatic rings. The van der Waals surface area contributed by atoms with E-state index in [1.165, 1.54) is 0 Å². The Kier molecular flexibility index (Phi) is 5.27. The number of aromatic nitrogens is 3. The van der Waals surface area contributed by atoms with Crippen LogP contribution in [0.2, 0.25) is 0 Å². The van der Waals surface area contributed by atoms with Crippen LogP contribution in [0, 0.1) is 17.2 Å². The van der Waals surface area contributed by atoms with E-state index in [2.05, 4.69) is 28.8 Å². The van der Waals surface area contributed by atoms with Crippen LogP contribution >= 0.6 is 0 Å². The van der Waals surface area contributed by atoms with Crippen LogP contribution in [0.15, 0.2) is 6.33 Å². The van der Waals surface area contributed by atoms with Gasteiger partial charge in [-0.1, -0.05) is 20.8 Å². The fourth-order valence-corrected chi connectivity index (χ4v) is 1.78. The van der Waals surface area contributed by atoms with Gasteiger partial charge in [0, 0.05) is 19.0 Å². The van der Waals surface area contributed by atoms with Crippen LogP contribution in [-0.2, 0) is 13.1 Å². The molecule has 0 radical (unpaired) electrons. The van der Waals surface area contributed by atoms with Gasteiger partial charge in [-0.05, 0) is 13.0 Å². The summed E-state index contributed by atoms with van der Waals surface area (Å²) < 4.78 is 1.94. The maximum atomic E-state index is 7.40. The minimum atomic E-state index is 0.0662. The van der Waals surface area contributed by atoms with Crippen LogP contribution in [0.1, 0.15) is 26.6 Å². The molecule has 3 N–H and O–H groups in total. The Morgan fingerprint density at radius 2 is 2.17 bits per heavy atom. The summed E-state index contributed by atoms with van der Waals surface area (Å²) in [7, 11) is 2.01. The van der Waals surface area contributed by atoms with Crippen LogP contribution in [-0.4, -0.2) is 39.1 Å². The van der Waals surface area contributed by atoms with Gasteiger partial charge in [-0.3, -0.25) is 10.3 Å². The van der Waals surface area contributed by atoms with Gasteiger partial charge >= 0.3 is 0 Å². The summed E-state index contributed by atoms with van der Waals surface area (Å²) >= 11 is 0. The Morgan fingerprint density at radius 3 is 2.72 bits per heavy atom. The van der Waals surface area contributed by atoms with Gasteiger partial charge in [0.1, 0.15) is 12.2 Å². The second-order valence-corrected chi connectivity index (χ2v) is 5.31. The van der Waals surface area contributed by atoms with E-state index in [1.54, 1.807) is 6.33 Å². The molecule has 0 spiro atoms. The number of hydrogen-bond acceptors (Lipinski definition) is 4. The van der Waals surface area contributed by atoms with E-state index in [0.717, 1.165) is 25.5 Å². The highest BCUT2D eigenvalue weighted by Crippen LogP contribution is 2.05. The van der Waals surface area contributed by atoms with E-state index >= 15 is 0 Å². The monoisotopic (exact) mass is 252 g/mol. The van der Waals surface area contributed by atoms with Gasteiger partial charge in [-0.15, -0.1) is 0 Å². The summed E-state index contributed by atoms with van der Waals surface area (Å²) in [5.41, 5.74) is 5.48. The van der Waals surface area contributed by atoms with Crippen molar-refractivity contribution in [2.24, 2.45) is 17.6 Å². The van der Waals surface area contributed by atoms with Crippen LogP contribution in [0.3, 0.4) is 0 Å². The summed E-state index contributed by atoms with van der Waals surface area (Å²) in [6.45, 7) is 8.64. The molecule has 102 valence electrons. The average Bonchev–Trinajstić information content (AvgIpc) is 2.64. The van der Waals surface area contributed by atoms with Gasteiger partial charge in [0.2, 0.25) is 0 Å². The maximum absolute atomic E-state index is 7.40. The Hall–Kier alpha value is -1.43. The fraction of sp³-hybridized carbons (Fsp3) is 0.750. The Balaban J connectivity index is 2.56.